The molecule has 0 aromatic carbocycles. The summed E-state index contributed by atoms with van der Waals surface area (Å²) in [4.78, 5) is 1.38. The first-order valence-electron chi connectivity index (χ1n) is 5.96. The smallest absolute Gasteiger partial charge is 0.0471 e. The molecule has 0 saturated heterocycles. The van der Waals surface area contributed by atoms with E-state index < -0.39 is 0 Å². The third-order valence-electron chi connectivity index (χ3n) is 3.10. The van der Waals surface area contributed by atoms with Crippen LogP contribution in [0.1, 0.15) is 38.6 Å². The minimum atomic E-state index is 0.240. The third-order valence-corrected chi connectivity index (χ3v) is 4.06. The summed E-state index contributed by atoms with van der Waals surface area (Å²) >= 11 is 1.80. The van der Waals surface area contributed by atoms with Crippen LogP contribution in [0, 0.1) is 11.8 Å². The highest BCUT2D eigenvalue weighted by Gasteiger charge is 2.21. The van der Waals surface area contributed by atoms with E-state index in [1.54, 1.807) is 11.3 Å². The van der Waals surface area contributed by atoms with E-state index in [0.717, 1.165) is 0 Å². The molecule has 2 N–H and O–H groups in total. The molecule has 16 heavy (non-hydrogen) atoms. The summed E-state index contributed by atoms with van der Waals surface area (Å²) in [7, 11) is 0. The zero-order valence-electron chi connectivity index (χ0n) is 10.6. The molecule has 2 nitrogen and oxygen atoms in total. The van der Waals surface area contributed by atoms with Crippen molar-refractivity contribution in [3.63, 3.8) is 0 Å². The number of hydrogen-bond donors (Lipinski definition) is 2. The van der Waals surface area contributed by atoms with E-state index in [4.69, 9.17) is 5.11 Å². The molecule has 1 heterocycles. The number of hydrogen-bond acceptors (Lipinski definition) is 3. The van der Waals surface area contributed by atoms with Crippen LogP contribution in [0.2, 0.25) is 0 Å². The molecule has 1 aromatic rings. The van der Waals surface area contributed by atoms with Gasteiger partial charge in [0.2, 0.25) is 0 Å². The normalized spacial score (nSPS) is 17.4. The topological polar surface area (TPSA) is 32.3 Å². The SMILES string of the molecule is CC(C)C(NC(C)C(C)CO)c1cccs1. The van der Waals surface area contributed by atoms with Crippen molar-refractivity contribution in [2.24, 2.45) is 11.8 Å². The third kappa shape index (κ3) is 3.58. The molecule has 0 fully saturated rings. The van der Waals surface area contributed by atoms with Gasteiger partial charge in [-0.1, -0.05) is 26.8 Å². The van der Waals surface area contributed by atoms with Gasteiger partial charge in [0.15, 0.2) is 0 Å². The second kappa shape index (κ2) is 6.38. The van der Waals surface area contributed by atoms with Crippen molar-refractivity contribution in [3.05, 3.63) is 22.4 Å². The van der Waals surface area contributed by atoms with Gasteiger partial charge in [-0.25, -0.2) is 0 Å². The summed E-state index contributed by atoms with van der Waals surface area (Å²) in [5.74, 6) is 0.855. The van der Waals surface area contributed by atoms with Gasteiger partial charge in [-0.3, -0.25) is 0 Å². The number of aliphatic hydroxyl groups excluding tert-OH is 1. The summed E-state index contributed by atoms with van der Waals surface area (Å²) in [6.07, 6.45) is 0. The molecule has 0 radical (unpaired) electrons. The van der Waals surface area contributed by atoms with Crippen molar-refractivity contribution in [1.29, 1.82) is 0 Å². The Morgan fingerprint density at radius 3 is 2.44 bits per heavy atom. The Morgan fingerprint density at radius 1 is 1.31 bits per heavy atom. The Labute approximate surface area is 103 Å². The average molecular weight is 241 g/mol. The number of aliphatic hydroxyl groups is 1. The van der Waals surface area contributed by atoms with Crippen LogP contribution in [0.5, 0.6) is 0 Å². The molecule has 0 aliphatic heterocycles. The fraction of sp³-hybridized carbons (Fsp3) is 0.692. The number of rotatable bonds is 6. The maximum atomic E-state index is 9.15. The molecule has 0 aliphatic carbocycles. The highest BCUT2D eigenvalue weighted by atomic mass is 32.1. The summed E-state index contributed by atoms with van der Waals surface area (Å²) < 4.78 is 0. The maximum absolute atomic E-state index is 9.15. The average Bonchev–Trinajstić information content (AvgIpc) is 2.76. The van der Waals surface area contributed by atoms with Crippen LogP contribution < -0.4 is 5.32 Å². The Morgan fingerprint density at radius 2 is 2.00 bits per heavy atom. The molecule has 0 amide bonds. The molecule has 3 atom stereocenters. The Balaban J connectivity index is 2.66. The van der Waals surface area contributed by atoms with Crippen LogP contribution in [-0.4, -0.2) is 17.8 Å². The molecular formula is C13H23NOS. The van der Waals surface area contributed by atoms with E-state index >= 15 is 0 Å². The van der Waals surface area contributed by atoms with Gasteiger partial charge in [0.05, 0.1) is 0 Å². The van der Waals surface area contributed by atoms with Crippen LogP contribution in [0.15, 0.2) is 17.5 Å². The fourth-order valence-electron chi connectivity index (χ4n) is 1.68. The minimum absolute atomic E-state index is 0.240. The van der Waals surface area contributed by atoms with Crippen molar-refractivity contribution in [3.8, 4) is 0 Å². The molecular weight excluding hydrogens is 218 g/mol. The van der Waals surface area contributed by atoms with Gasteiger partial charge in [-0.15, -0.1) is 11.3 Å². The summed E-state index contributed by atoms with van der Waals surface area (Å²) in [6, 6.07) is 5.00. The van der Waals surface area contributed by atoms with Crippen molar-refractivity contribution >= 4 is 11.3 Å². The van der Waals surface area contributed by atoms with Gasteiger partial charge < -0.3 is 10.4 Å². The van der Waals surface area contributed by atoms with Gasteiger partial charge in [-0.2, -0.15) is 0 Å². The lowest BCUT2D eigenvalue weighted by atomic mass is 9.98. The quantitative estimate of drug-likeness (QED) is 0.802. The van der Waals surface area contributed by atoms with Crippen molar-refractivity contribution in [2.75, 3.05) is 6.61 Å². The van der Waals surface area contributed by atoms with Crippen LogP contribution in [0.25, 0.3) is 0 Å². The van der Waals surface area contributed by atoms with Crippen LogP contribution >= 0.6 is 11.3 Å². The van der Waals surface area contributed by atoms with E-state index in [2.05, 4.69) is 50.5 Å². The highest BCUT2D eigenvalue weighted by Crippen LogP contribution is 2.26. The first-order chi connectivity index (χ1) is 7.56. The Hall–Kier alpha value is -0.380. The van der Waals surface area contributed by atoms with Gasteiger partial charge in [0.1, 0.15) is 0 Å². The summed E-state index contributed by atoms with van der Waals surface area (Å²) in [5.41, 5.74) is 0. The van der Waals surface area contributed by atoms with Gasteiger partial charge in [-0.05, 0) is 30.2 Å². The molecule has 1 rings (SSSR count). The first-order valence-corrected chi connectivity index (χ1v) is 6.84. The van der Waals surface area contributed by atoms with Gasteiger partial charge >= 0.3 is 0 Å². The highest BCUT2D eigenvalue weighted by molar-refractivity contribution is 7.10. The molecule has 0 aliphatic rings. The van der Waals surface area contributed by atoms with E-state index in [0.29, 0.717) is 23.9 Å². The summed E-state index contributed by atoms with van der Waals surface area (Å²) in [6.45, 7) is 8.91. The zero-order chi connectivity index (χ0) is 12.1. The predicted octanol–water partition coefficient (Wildman–Crippen LogP) is 3.05. The second-order valence-corrected chi connectivity index (χ2v) is 5.83. The molecule has 3 heteroatoms. The Kier molecular flexibility index (Phi) is 5.46. The first kappa shape index (κ1) is 13.7. The number of nitrogens with one attached hydrogen (secondary N) is 1. The molecule has 92 valence electrons. The lowest BCUT2D eigenvalue weighted by molar-refractivity contribution is 0.195. The van der Waals surface area contributed by atoms with Crippen LogP contribution in [-0.2, 0) is 0 Å². The minimum Gasteiger partial charge on any atom is -0.396 e. The molecule has 3 unspecified atom stereocenters. The van der Waals surface area contributed by atoms with Gasteiger partial charge in [0, 0.05) is 23.6 Å². The molecule has 0 bridgehead atoms. The molecule has 0 spiro atoms. The van der Waals surface area contributed by atoms with Gasteiger partial charge in [0.25, 0.3) is 0 Å². The predicted molar refractivity (Wildman–Crippen MR) is 70.7 cm³/mol. The summed E-state index contributed by atoms with van der Waals surface area (Å²) in [5, 5.41) is 14.9. The largest absolute Gasteiger partial charge is 0.396 e. The lowest BCUT2D eigenvalue weighted by Gasteiger charge is -2.28. The zero-order valence-corrected chi connectivity index (χ0v) is 11.4. The molecule has 1 aromatic heterocycles. The van der Waals surface area contributed by atoms with Crippen molar-refractivity contribution in [1.82, 2.24) is 5.32 Å². The van der Waals surface area contributed by atoms with Crippen molar-refractivity contribution in [2.45, 2.75) is 39.8 Å². The maximum Gasteiger partial charge on any atom is 0.0471 e. The standard InChI is InChI=1S/C13H23NOS/c1-9(2)13(12-6-5-7-16-12)14-11(4)10(3)8-15/h5-7,9-11,13-15H,8H2,1-4H3. The lowest BCUT2D eigenvalue weighted by Crippen LogP contribution is -2.38. The van der Waals surface area contributed by atoms with Crippen molar-refractivity contribution < 1.29 is 5.11 Å². The van der Waals surface area contributed by atoms with Crippen LogP contribution in [0.4, 0.5) is 0 Å². The fourth-order valence-corrected chi connectivity index (χ4v) is 2.64. The van der Waals surface area contributed by atoms with E-state index in [1.165, 1.54) is 4.88 Å². The second-order valence-electron chi connectivity index (χ2n) is 4.85. The monoisotopic (exact) mass is 241 g/mol. The van der Waals surface area contributed by atoms with E-state index in [9.17, 15) is 0 Å². The molecule has 0 saturated carbocycles. The van der Waals surface area contributed by atoms with E-state index in [1.807, 2.05) is 0 Å². The number of thiophene rings is 1. The Bertz CT molecular complexity index is 284. The van der Waals surface area contributed by atoms with Crippen LogP contribution in [0.3, 0.4) is 0 Å². The van der Waals surface area contributed by atoms with E-state index in [-0.39, 0.29) is 6.61 Å².